The first-order valence-corrected chi connectivity index (χ1v) is 4.04. The molecule has 0 radical (unpaired) electrons. The molecule has 0 rings (SSSR count). The van der Waals surface area contributed by atoms with E-state index in [2.05, 4.69) is 32.2 Å². The topological polar surface area (TPSA) is 35.8 Å². The van der Waals surface area contributed by atoms with Gasteiger partial charge < -0.3 is 5.32 Å². The van der Waals surface area contributed by atoms with E-state index in [0.29, 0.717) is 0 Å². The Labute approximate surface area is 69.6 Å². The third-order valence-electron chi connectivity index (χ3n) is 1.61. The third-order valence-corrected chi connectivity index (χ3v) is 1.61. The summed E-state index contributed by atoms with van der Waals surface area (Å²) in [6.07, 6.45) is 0. The number of nitriles is 1. The van der Waals surface area contributed by atoms with Crippen LogP contribution in [0.5, 0.6) is 0 Å². The van der Waals surface area contributed by atoms with Crippen LogP contribution in [0.2, 0.25) is 0 Å². The van der Waals surface area contributed by atoms with Gasteiger partial charge in [0.2, 0.25) is 0 Å². The number of nitrogens with one attached hydrogen (secondary N) is 1. The van der Waals surface area contributed by atoms with Gasteiger partial charge in [-0.1, -0.05) is 0 Å². The van der Waals surface area contributed by atoms with Crippen molar-refractivity contribution < 1.29 is 0 Å². The molecule has 0 heterocycles. The van der Waals surface area contributed by atoms with Crippen molar-refractivity contribution in [3.63, 3.8) is 0 Å². The van der Waals surface area contributed by atoms with Crippen LogP contribution >= 0.6 is 0 Å². The zero-order valence-electron chi connectivity index (χ0n) is 8.10. The summed E-state index contributed by atoms with van der Waals surface area (Å²) in [5, 5.41) is 12.0. The summed E-state index contributed by atoms with van der Waals surface area (Å²) in [6, 6.07) is 2.49. The molecule has 2 heteroatoms. The van der Waals surface area contributed by atoms with Gasteiger partial charge in [0.25, 0.3) is 0 Å². The Morgan fingerprint density at radius 3 is 2.00 bits per heavy atom. The lowest BCUT2D eigenvalue weighted by molar-refractivity contribution is 0.338. The summed E-state index contributed by atoms with van der Waals surface area (Å²) < 4.78 is 0. The number of nitrogens with zero attached hydrogens (tertiary/aromatic N) is 1. The van der Waals surface area contributed by atoms with E-state index in [4.69, 9.17) is 5.26 Å². The van der Waals surface area contributed by atoms with Crippen molar-refractivity contribution in [3.8, 4) is 6.07 Å². The fourth-order valence-corrected chi connectivity index (χ4v) is 0.920. The highest BCUT2D eigenvalue weighted by atomic mass is 15.0. The first-order chi connectivity index (χ1) is 4.87. The summed E-state index contributed by atoms with van der Waals surface area (Å²) in [6.45, 7) is 10.3. The number of hydrogen-bond acceptors (Lipinski definition) is 2. The van der Waals surface area contributed by atoms with Crippen LogP contribution in [-0.4, -0.2) is 11.6 Å². The summed E-state index contributed by atoms with van der Waals surface area (Å²) in [5.41, 5.74) is 0.102. The van der Waals surface area contributed by atoms with Crippen molar-refractivity contribution in [2.24, 2.45) is 5.92 Å². The summed E-state index contributed by atoms with van der Waals surface area (Å²) in [7, 11) is 0. The lowest BCUT2D eigenvalue weighted by atomic mass is 10.0. The maximum Gasteiger partial charge on any atom is 0.0669 e. The van der Waals surface area contributed by atoms with Gasteiger partial charge in [-0.2, -0.15) is 5.26 Å². The molecule has 0 aliphatic carbocycles. The van der Waals surface area contributed by atoms with Gasteiger partial charge in [0.1, 0.15) is 0 Å². The second kappa shape index (κ2) is 3.73. The fraction of sp³-hybridized carbons (Fsp3) is 0.889. The molecular weight excluding hydrogens is 136 g/mol. The molecule has 0 aromatic rings. The molecule has 1 N–H and O–H groups in total. The molecule has 0 aliphatic heterocycles. The molecule has 2 nitrogen and oxygen atoms in total. The van der Waals surface area contributed by atoms with Gasteiger partial charge in [-0.15, -0.1) is 0 Å². The molecule has 64 valence electrons. The Morgan fingerprint density at radius 1 is 1.27 bits per heavy atom. The van der Waals surface area contributed by atoms with Gasteiger partial charge in [-0.3, -0.25) is 0 Å². The number of hydrogen-bond donors (Lipinski definition) is 1. The van der Waals surface area contributed by atoms with E-state index < -0.39 is 0 Å². The smallest absolute Gasteiger partial charge is 0.0669 e. The minimum absolute atomic E-state index is 0.0780. The van der Waals surface area contributed by atoms with Gasteiger partial charge in [0, 0.05) is 11.6 Å². The zero-order valence-corrected chi connectivity index (χ0v) is 8.10. The van der Waals surface area contributed by atoms with Crippen LogP contribution in [-0.2, 0) is 0 Å². The minimum Gasteiger partial charge on any atom is -0.308 e. The Balaban J connectivity index is 3.90. The minimum atomic E-state index is 0.0780. The standard InChI is InChI=1S/C9H18N2/c1-7(6-10)8(2)11-9(3,4)5/h7-8,11H,1-5H3. The lowest BCUT2D eigenvalue weighted by Crippen LogP contribution is -2.44. The predicted octanol–water partition coefficient (Wildman–Crippen LogP) is 1.92. The molecule has 0 aliphatic rings. The fourth-order valence-electron chi connectivity index (χ4n) is 0.920. The van der Waals surface area contributed by atoms with Gasteiger partial charge in [-0.05, 0) is 34.6 Å². The van der Waals surface area contributed by atoms with Crippen molar-refractivity contribution in [1.29, 1.82) is 5.26 Å². The normalized spacial score (nSPS) is 17.1. The average Bonchev–Trinajstić information content (AvgIpc) is 1.82. The SMILES string of the molecule is CC(C#N)C(C)NC(C)(C)C. The van der Waals surface area contributed by atoms with E-state index in [-0.39, 0.29) is 17.5 Å². The molecule has 2 unspecified atom stereocenters. The van der Waals surface area contributed by atoms with Crippen LogP contribution in [0.3, 0.4) is 0 Å². The molecule has 11 heavy (non-hydrogen) atoms. The van der Waals surface area contributed by atoms with Crippen molar-refractivity contribution in [2.75, 3.05) is 0 Å². The van der Waals surface area contributed by atoms with Crippen LogP contribution < -0.4 is 5.32 Å². The first-order valence-electron chi connectivity index (χ1n) is 4.04. The maximum atomic E-state index is 8.61. The Hall–Kier alpha value is -0.550. The molecule has 0 saturated heterocycles. The van der Waals surface area contributed by atoms with Crippen molar-refractivity contribution in [1.82, 2.24) is 5.32 Å². The van der Waals surface area contributed by atoms with Crippen LogP contribution in [0.15, 0.2) is 0 Å². The second-order valence-corrected chi connectivity index (χ2v) is 4.10. The molecule has 0 aromatic heterocycles. The molecule has 0 fully saturated rings. The monoisotopic (exact) mass is 154 g/mol. The van der Waals surface area contributed by atoms with Gasteiger partial charge in [-0.25, -0.2) is 0 Å². The maximum absolute atomic E-state index is 8.61. The van der Waals surface area contributed by atoms with Crippen molar-refractivity contribution in [3.05, 3.63) is 0 Å². The predicted molar refractivity (Wildman–Crippen MR) is 47.1 cm³/mol. The average molecular weight is 154 g/mol. The van der Waals surface area contributed by atoms with Gasteiger partial charge >= 0.3 is 0 Å². The third kappa shape index (κ3) is 4.80. The molecule has 0 amide bonds. The Bertz CT molecular complexity index is 150. The van der Waals surface area contributed by atoms with Crippen molar-refractivity contribution in [2.45, 2.75) is 46.2 Å². The van der Waals surface area contributed by atoms with E-state index in [1.54, 1.807) is 0 Å². The lowest BCUT2D eigenvalue weighted by Gasteiger charge is -2.27. The van der Waals surface area contributed by atoms with E-state index in [0.717, 1.165) is 0 Å². The highest BCUT2D eigenvalue weighted by Crippen LogP contribution is 2.07. The summed E-state index contributed by atoms with van der Waals surface area (Å²) in [4.78, 5) is 0. The molecule has 2 atom stereocenters. The summed E-state index contributed by atoms with van der Waals surface area (Å²) in [5.74, 6) is 0.0780. The quantitative estimate of drug-likeness (QED) is 0.659. The van der Waals surface area contributed by atoms with Crippen LogP contribution in [0.4, 0.5) is 0 Å². The molecular formula is C9H18N2. The van der Waals surface area contributed by atoms with E-state index >= 15 is 0 Å². The molecule has 0 saturated carbocycles. The highest BCUT2D eigenvalue weighted by molar-refractivity contribution is 4.89. The van der Waals surface area contributed by atoms with E-state index in [1.165, 1.54) is 0 Å². The highest BCUT2D eigenvalue weighted by Gasteiger charge is 2.17. The van der Waals surface area contributed by atoms with Crippen molar-refractivity contribution >= 4 is 0 Å². The second-order valence-electron chi connectivity index (χ2n) is 4.10. The van der Waals surface area contributed by atoms with Crippen LogP contribution in [0.1, 0.15) is 34.6 Å². The first kappa shape index (κ1) is 10.4. The molecule has 0 aromatic carbocycles. The van der Waals surface area contributed by atoms with Crippen LogP contribution in [0.25, 0.3) is 0 Å². The van der Waals surface area contributed by atoms with E-state index in [9.17, 15) is 0 Å². The largest absolute Gasteiger partial charge is 0.308 e. The number of rotatable bonds is 2. The van der Waals surface area contributed by atoms with Crippen LogP contribution in [0, 0.1) is 17.2 Å². The Morgan fingerprint density at radius 2 is 1.73 bits per heavy atom. The summed E-state index contributed by atoms with van der Waals surface area (Å²) >= 11 is 0. The van der Waals surface area contributed by atoms with Gasteiger partial charge in [0.15, 0.2) is 0 Å². The van der Waals surface area contributed by atoms with E-state index in [1.807, 2.05) is 13.8 Å². The Kier molecular flexibility index (Phi) is 3.54. The molecule has 0 spiro atoms. The van der Waals surface area contributed by atoms with Gasteiger partial charge in [0.05, 0.1) is 12.0 Å². The molecule has 0 bridgehead atoms. The zero-order chi connectivity index (χ0) is 9.07.